The van der Waals surface area contributed by atoms with Crippen LogP contribution in [0.3, 0.4) is 0 Å². The lowest BCUT2D eigenvalue weighted by Gasteiger charge is -2.32. The first kappa shape index (κ1) is 14.8. The van der Waals surface area contributed by atoms with Crippen LogP contribution in [0.1, 0.15) is 34.1 Å². The van der Waals surface area contributed by atoms with E-state index in [4.69, 9.17) is 5.73 Å². The van der Waals surface area contributed by atoms with Gasteiger partial charge in [-0.3, -0.25) is 0 Å². The average molecular weight is 237 g/mol. The minimum absolute atomic E-state index is 0.140. The quantitative estimate of drug-likeness (QED) is 0.591. The van der Waals surface area contributed by atoms with Crippen molar-refractivity contribution in [3.05, 3.63) is 0 Å². The van der Waals surface area contributed by atoms with Crippen LogP contribution < -0.4 is 15.2 Å². The number of hydrogen-bond donors (Lipinski definition) is 3. The first-order valence-electron chi connectivity index (χ1n) is 5.26. The Bertz CT molecular complexity index is 277. The summed E-state index contributed by atoms with van der Waals surface area (Å²) in [6.45, 7) is 8.31. The highest BCUT2D eigenvalue weighted by Crippen LogP contribution is 2.15. The number of hydrogen-bond acceptors (Lipinski definition) is 3. The third-order valence-corrected chi connectivity index (χ3v) is 3.93. The van der Waals surface area contributed by atoms with E-state index in [2.05, 4.69) is 9.44 Å². The molecule has 0 bridgehead atoms. The summed E-state index contributed by atoms with van der Waals surface area (Å²) in [5.41, 5.74) is 4.99. The van der Waals surface area contributed by atoms with Gasteiger partial charge in [-0.05, 0) is 19.3 Å². The molecule has 0 aromatic rings. The zero-order valence-electron chi connectivity index (χ0n) is 10.0. The van der Waals surface area contributed by atoms with Gasteiger partial charge in [-0.2, -0.15) is 13.1 Å². The fraction of sp³-hybridized carbons (Fsp3) is 1.00. The van der Waals surface area contributed by atoms with Crippen molar-refractivity contribution in [2.45, 2.75) is 39.7 Å². The molecule has 0 rings (SSSR count). The second kappa shape index (κ2) is 5.79. The fourth-order valence-corrected chi connectivity index (χ4v) is 2.45. The van der Waals surface area contributed by atoms with E-state index in [1.54, 1.807) is 0 Å². The van der Waals surface area contributed by atoms with E-state index in [0.717, 1.165) is 6.42 Å². The molecule has 0 spiro atoms. The van der Waals surface area contributed by atoms with Crippen LogP contribution in [0.15, 0.2) is 0 Å². The Balaban J connectivity index is 4.54. The highest BCUT2D eigenvalue weighted by atomic mass is 32.2. The SMILES string of the molecule is CCCNS(=O)(=O)NC(C)(CN)C(C)C. The van der Waals surface area contributed by atoms with Gasteiger partial charge in [0.25, 0.3) is 10.2 Å². The number of rotatable bonds is 7. The van der Waals surface area contributed by atoms with Crippen molar-refractivity contribution >= 4 is 10.2 Å². The summed E-state index contributed by atoms with van der Waals surface area (Å²) in [7, 11) is -3.44. The van der Waals surface area contributed by atoms with Crippen molar-refractivity contribution in [2.24, 2.45) is 11.7 Å². The zero-order chi connectivity index (χ0) is 12.1. The summed E-state index contributed by atoms with van der Waals surface area (Å²) in [5.74, 6) is 0.140. The maximum absolute atomic E-state index is 11.6. The standard InChI is InChI=1S/C9H23N3O2S/c1-5-6-11-15(13,14)12-9(4,7-10)8(2)3/h8,11-12H,5-7,10H2,1-4H3. The molecule has 0 saturated carbocycles. The lowest BCUT2D eigenvalue weighted by molar-refractivity contribution is 0.313. The van der Waals surface area contributed by atoms with Gasteiger partial charge in [0.2, 0.25) is 0 Å². The summed E-state index contributed by atoms with van der Waals surface area (Å²) in [6, 6.07) is 0. The minimum Gasteiger partial charge on any atom is -0.329 e. The van der Waals surface area contributed by atoms with Crippen LogP contribution in [0.2, 0.25) is 0 Å². The van der Waals surface area contributed by atoms with Crippen molar-refractivity contribution in [1.82, 2.24) is 9.44 Å². The van der Waals surface area contributed by atoms with Crippen molar-refractivity contribution < 1.29 is 8.42 Å². The van der Waals surface area contributed by atoms with E-state index in [0.29, 0.717) is 6.54 Å². The summed E-state index contributed by atoms with van der Waals surface area (Å²) < 4.78 is 28.2. The molecule has 0 saturated heterocycles. The van der Waals surface area contributed by atoms with Crippen LogP contribution >= 0.6 is 0 Å². The third kappa shape index (κ3) is 4.92. The summed E-state index contributed by atoms with van der Waals surface area (Å²) in [4.78, 5) is 0. The second-order valence-electron chi connectivity index (χ2n) is 4.28. The zero-order valence-corrected chi connectivity index (χ0v) is 10.8. The Labute approximate surface area is 93.0 Å². The van der Waals surface area contributed by atoms with Crippen molar-refractivity contribution in [3.8, 4) is 0 Å². The smallest absolute Gasteiger partial charge is 0.277 e. The van der Waals surface area contributed by atoms with E-state index in [-0.39, 0.29) is 12.5 Å². The Morgan fingerprint density at radius 2 is 1.93 bits per heavy atom. The molecule has 0 aromatic carbocycles. The first-order chi connectivity index (χ1) is 6.77. The van der Waals surface area contributed by atoms with E-state index < -0.39 is 15.7 Å². The molecule has 1 unspecified atom stereocenters. The van der Waals surface area contributed by atoms with Gasteiger partial charge in [-0.25, -0.2) is 4.72 Å². The van der Waals surface area contributed by atoms with Crippen molar-refractivity contribution in [2.75, 3.05) is 13.1 Å². The van der Waals surface area contributed by atoms with Crippen molar-refractivity contribution in [1.29, 1.82) is 0 Å². The summed E-state index contributed by atoms with van der Waals surface area (Å²) in [5, 5.41) is 0. The van der Waals surface area contributed by atoms with Crippen LogP contribution in [-0.2, 0) is 10.2 Å². The van der Waals surface area contributed by atoms with Gasteiger partial charge in [0, 0.05) is 18.6 Å². The van der Waals surface area contributed by atoms with Crippen molar-refractivity contribution in [3.63, 3.8) is 0 Å². The molecule has 5 nitrogen and oxygen atoms in total. The van der Waals surface area contributed by atoms with Crippen LogP contribution in [-0.4, -0.2) is 27.0 Å². The molecular weight excluding hydrogens is 214 g/mol. The highest BCUT2D eigenvalue weighted by Gasteiger charge is 2.31. The van der Waals surface area contributed by atoms with Crippen LogP contribution in [0, 0.1) is 5.92 Å². The van der Waals surface area contributed by atoms with Crippen LogP contribution in [0.4, 0.5) is 0 Å². The lowest BCUT2D eigenvalue weighted by Crippen LogP contribution is -2.57. The predicted octanol–water partition coefficient (Wildman–Crippen LogP) is 0.194. The van der Waals surface area contributed by atoms with E-state index >= 15 is 0 Å². The van der Waals surface area contributed by atoms with E-state index in [9.17, 15) is 8.42 Å². The van der Waals surface area contributed by atoms with Gasteiger partial charge < -0.3 is 5.73 Å². The monoisotopic (exact) mass is 237 g/mol. The number of nitrogens with two attached hydrogens (primary N) is 1. The Kier molecular flexibility index (Phi) is 5.72. The molecule has 4 N–H and O–H groups in total. The second-order valence-corrected chi connectivity index (χ2v) is 5.78. The Hall–Kier alpha value is -0.170. The highest BCUT2D eigenvalue weighted by molar-refractivity contribution is 7.87. The first-order valence-corrected chi connectivity index (χ1v) is 6.74. The molecule has 0 amide bonds. The normalized spacial score (nSPS) is 16.7. The van der Waals surface area contributed by atoms with E-state index in [1.165, 1.54) is 0 Å². The summed E-state index contributed by atoms with van der Waals surface area (Å²) in [6.07, 6.45) is 0.766. The molecule has 1 atom stereocenters. The molecule has 92 valence electrons. The predicted molar refractivity (Wildman–Crippen MR) is 62.6 cm³/mol. The van der Waals surface area contributed by atoms with E-state index in [1.807, 2.05) is 27.7 Å². The summed E-state index contributed by atoms with van der Waals surface area (Å²) >= 11 is 0. The van der Waals surface area contributed by atoms with Gasteiger partial charge in [0.15, 0.2) is 0 Å². The molecule has 0 aromatic heterocycles. The van der Waals surface area contributed by atoms with Gasteiger partial charge in [-0.15, -0.1) is 0 Å². The molecule has 6 heteroatoms. The average Bonchev–Trinajstić information content (AvgIpc) is 2.13. The van der Waals surface area contributed by atoms with Gasteiger partial charge >= 0.3 is 0 Å². The lowest BCUT2D eigenvalue weighted by atomic mass is 9.90. The number of nitrogens with one attached hydrogen (secondary N) is 2. The minimum atomic E-state index is -3.44. The topological polar surface area (TPSA) is 84.2 Å². The maximum Gasteiger partial charge on any atom is 0.277 e. The molecule has 0 aliphatic rings. The Morgan fingerprint density at radius 1 is 1.40 bits per heavy atom. The van der Waals surface area contributed by atoms with Crippen LogP contribution in [0.5, 0.6) is 0 Å². The van der Waals surface area contributed by atoms with Crippen LogP contribution in [0.25, 0.3) is 0 Å². The van der Waals surface area contributed by atoms with Gasteiger partial charge in [-0.1, -0.05) is 20.8 Å². The Morgan fingerprint density at radius 3 is 2.27 bits per heavy atom. The largest absolute Gasteiger partial charge is 0.329 e. The van der Waals surface area contributed by atoms with Gasteiger partial charge in [0.1, 0.15) is 0 Å². The maximum atomic E-state index is 11.6. The molecule has 0 aliphatic carbocycles. The molecule has 15 heavy (non-hydrogen) atoms. The molecule has 0 fully saturated rings. The van der Waals surface area contributed by atoms with Gasteiger partial charge in [0.05, 0.1) is 0 Å². The molecule has 0 radical (unpaired) electrons. The molecule has 0 heterocycles. The molecular formula is C9H23N3O2S. The molecule has 0 aliphatic heterocycles. The third-order valence-electron chi connectivity index (χ3n) is 2.61. The fourth-order valence-electron chi connectivity index (χ4n) is 0.975.